The molecule has 2 aromatic rings. The molecule has 24 heavy (non-hydrogen) atoms. The number of benzene rings is 2. The van der Waals surface area contributed by atoms with E-state index in [1.54, 1.807) is 0 Å². The highest BCUT2D eigenvalue weighted by Gasteiger charge is 2.12. The third-order valence-electron chi connectivity index (χ3n) is 4.60. The summed E-state index contributed by atoms with van der Waals surface area (Å²) >= 11 is 0. The molecule has 1 aliphatic heterocycles. The van der Waals surface area contributed by atoms with Crippen molar-refractivity contribution in [1.29, 1.82) is 0 Å². The lowest BCUT2D eigenvalue weighted by Gasteiger charge is -2.19. The lowest BCUT2D eigenvalue weighted by atomic mass is 10.0. The summed E-state index contributed by atoms with van der Waals surface area (Å²) in [4.78, 5) is 2.45. The highest BCUT2D eigenvalue weighted by Crippen LogP contribution is 2.24. The lowest BCUT2D eigenvalue weighted by Crippen LogP contribution is -2.20. The first-order chi connectivity index (χ1) is 11.1. The summed E-state index contributed by atoms with van der Waals surface area (Å²) in [6.45, 7) is 5.30. The van der Waals surface area contributed by atoms with Crippen molar-refractivity contribution < 1.29 is 0 Å². The van der Waals surface area contributed by atoms with E-state index in [0.29, 0.717) is 0 Å². The minimum absolute atomic E-state index is 0. The Morgan fingerprint density at radius 1 is 1.04 bits per heavy atom. The molecule has 0 radical (unpaired) electrons. The van der Waals surface area contributed by atoms with Crippen LogP contribution in [-0.4, -0.2) is 13.1 Å². The molecule has 4 nitrogen and oxygen atoms in total. The van der Waals surface area contributed by atoms with Crippen molar-refractivity contribution in [3.8, 4) is 0 Å². The van der Waals surface area contributed by atoms with Crippen molar-refractivity contribution in [3.63, 3.8) is 0 Å². The van der Waals surface area contributed by atoms with E-state index < -0.39 is 0 Å². The smallest absolute Gasteiger partial charge is 0.0366 e. The summed E-state index contributed by atoms with van der Waals surface area (Å²) in [6.07, 6.45) is 2.62. The summed E-state index contributed by atoms with van der Waals surface area (Å²) in [5.41, 5.74) is 17.1. The zero-order valence-corrected chi connectivity index (χ0v) is 15.0. The van der Waals surface area contributed by atoms with E-state index >= 15 is 0 Å². The Bertz CT molecular complexity index is 651. The summed E-state index contributed by atoms with van der Waals surface area (Å²) in [5.74, 6) is 0. The van der Waals surface area contributed by atoms with Gasteiger partial charge >= 0.3 is 0 Å². The number of anilines is 3. The molecule has 0 saturated carbocycles. The normalized spacial score (nSPS) is 15.1. The second-order valence-corrected chi connectivity index (χ2v) is 6.35. The van der Waals surface area contributed by atoms with Crippen LogP contribution in [0.5, 0.6) is 0 Å². The van der Waals surface area contributed by atoms with Crippen LogP contribution in [0.4, 0.5) is 17.1 Å². The van der Waals surface area contributed by atoms with Crippen molar-refractivity contribution in [2.24, 2.45) is 0 Å². The number of nitrogens with two attached hydrogens (primary N) is 2. The lowest BCUT2D eigenvalue weighted by molar-refractivity contribution is 0.576. The third-order valence-corrected chi connectivity index (χ3v) is 4.60. The molecule has 2 aromatic carbocycles. The third kappa shape index (κ3) is 4.34. The molecule has 1 heterocycles. The average Bonchev–Trinajstić information content (AvgIpc) is 3.10. The van der Waals surface area contributed by atoms with E-state index in [-0.39, 0.29) is 18.4 Å². The molecule has 1 unspecified atom stereocenters. The minimum Gasteiger partial charge on any atom is -0.399 e. The topological polar surface area (TPSA) is 67.3 Å². The van der Waals surface area contributed by atoms with E-state index in [9.17, 15) is 0 Å². The quantitative estimate of drug-likeness (QED) is 0.722. The standard InChI is InChI=1S/C19H26N4.ClH/c1-14(18-12-16(20)6-9-19(18)21)22-13-15-4-7-17(8-5-15)23-10-2-3-11-23;/h4-9,12,14,22H,2-3,10-11,13,20-21H2,1H3;1H. The second kappa shape index (κ2) is 8.27. The number of halogens is 1. The predicted octanol–water partition coefficient (Wildman–Crippen LogP) is 3.72. The van der Waals surface area contributed by atoms with E-state index in [1.165, 1.54) is 37.2 Å². The van der Waals surface area contributed by atoms with Crippen molar-refractivity contribution >= 4 is 29.5 Å². The Hall–Kier alpha value is -1.91. The van der Waals surface area contributed by atoms with Crippen LogP contribution in [0.1, 0.15) is 36.9 Å². The highest BCUT2D eigenvalue weighted by atomic mass is 35.5. The van der Waals surface area contributed by atoms with Gasteiger partial charge in [-0.25, -0.2) is 0 Å². The van der Waals surface area contributed by atoms with Crippen LogP contribution >= 0.6 is 12.4 Å². The first-order valence-electron chi connectivity index (χ1n) is 8.35. The molecule has 5 heteroatoms. The zero-order chi connectivity index (χ0) is 16.2. The van der Waals surface area contributed by atoms with Gasteiger partial charge in [0.25, 0.3) is 0 Å². The van der Waals surface area contributed by atoms with Gasteiger partial charge in [0.1, 0.15) is 0 Å². The minimum atomic E-state index is 0. The summed E-state index contributed by atoms with van der Waals surface area (Å²) in [5, 5.41) is 3.52. The van der Waals surface area contributed by atoms with Crippen LogP contribution in [0.15, 0.2) is 42.5 Å². The Balaban J connectivity index is 0.00000208. The van der Waals surface area contributed by atoms with Crippen LogP contribution < -0.4 is 21.7 Å². The molecule has 0 bridgehead atoms. The highest BCUT2D eigenvalue weighted by molar-refractivity contribution is 5.85. The van der Waals surface area contributed by atoms with Crippen LogP contribution in [-0.2, 0) is 6.54 Å². The molecule has 0 aromatic heterocycles. The molecular weight excluding hydrogens is 320 g/mol. The van der Waals surface area contributed by atoms with Gasteiger partial charge in [0.05, 0.1) is 0 Å². The van der Waals surface area contributed by atoms with Gasteiger partial charge in [-0.3, -0.25) is 0 Å². The van der Waals surface area contributed by atoms with Gasteiger partial charge in [0.2, 0.25) is 0 Å². The molecule has 1 fully saturated rings. The number of hydrogen-bond donors (Lipinski definition) is 3. The van der Waals surface area contributed by atoms with Gasteiger partial charge in [0, 0.05) is 42.7 Å². The van der Waals surface area contributed by atoms with Crippen LogP contribution in [0.3, 0.4) is 0 Å². The Morgan fingerprint density at radius 3 is 2.38 bits per heavy atom. The van der Waals surface area contributed by atoms with Gasteiger partial charge in [-0.2, -0.15) is 0 Å². The van der Waals surface area contributed by atoms with Gasteiger partial charge in [-0.15, -0.1) is 12.4 Å². The van der Waals surface area contributed by atoms with Crippen LogP contribution in [0, 0.1) is 0 Å². The maximum atomic E-state index is 6.05. The molecule has 0 spiro atoms. The molecular formula is C19H27ClN4. The fourth-order valence-electron chi connectivity index (χ4n) is 3.15. The Labute approximate surface area is 150 Å². The van der Waals surface area contributed by atoms with Gasteiger partial charge in [-0.05, 0) is 61.2 Å². The summed E-state index contributed by atoms with van der Waals surface area (Å²) in [7, 11) is 0. The van der Waals surface area contributed by atoms with Gasteiger partial charge < -0.3 is 21.7 Å². The van der Waals surface area contributed by atoms with Gasteiger partial charge in [0.15, 0.2) is 0 Å². The van der Waals surface area contributed by atoms with E-state index in [2.05, 4.69) is 41.4 Å². The largest absolute Gasteiger partial charge is 0.399 e. The molecule has 0 aliphatic carbocycles. The number of nitrogens with one attached hydrogen (secondary N) is 1. The van der Waals surface area contributed by atoms with E-state index in [0.717, 1.165) is 23.5 Å². The number of nitrogens with zero attached hydrogens (tertiary/aromatic N) is 1. The van der Waals surface area contributed by atoms with E-state index in [4.69, 9.17) is 11.5 Å². The maximum absolute atomic E-state index is 6.05. The average molecular weight is 347 g/mol. The van der Waals surface area contributed by atoms with Gasteiger partial charge in [-0.1, -0.05) is 12.1 Å². The molecule has 1 aliphatic rings. The number of rotatable bonds is 5. The molecule has 130 valence electrons. The number of hydrogen-bond acceptors (Lipinski definition) is 4. The first-order valence-corrected chi connectivity index (χ1v) is 8.35. The molecule has 0 amide bonds. The molecule has 3 rings (SSSR count). The first kappa shape index (κ1) is 18.4. The Morgan fingerprint density at radius 2 is 1.71 bits per heavy atom. The maximum Gasteiger partial charge on any atom is 0.0366 e. The fourth-order valence-corrected chi connectivity index (χ4v) is 3.15. The SMILES string of the molecule is CC(NCc1ccc(N2CCCC2)cc1)c1cc(N)ccc1N.Cl. The van der Waals surface area contributed by atoms with Crippen LogP contribution in [0.25, 0.3) is 0 Å². The van der Waals surface area contributed by atoms with Crippen molar-refractivity contribution in [2.75, 3.05) is 29.5 Å². The predicted molar refractivity (Wildman–Crippen MR) is 106 cm³/mol. The summed E-state index contributed by atoms with van der Waals surface area (Å²) in [6, 6.07) is 14.7. The molecule has 1 atom stereocenters. The van der Waals surface area contributed by atoms with Crippen molar-refractivity contribution in [3.05, 3.63) is 53.6 Å². The van der Waals surface area contributed by atoms with Crippen LogP contribution in [0.2, 0.25) is 0 Å². The summed E-state index contributed by atoms with van der Waals surface area (Å²) < 4.78 is 0. The monoisotopic (exact) mass is 346 g/mol. The second-order valence-electron chi connectivity index (χ2n) is 6.35. The van der Waals surface area contributed by atoms with E-state index in [1.807, 2.05) is 18.2 Å². The Kier molecular flexibility index (Phi) is 6.35. The molecule has 5 N–H and O–H groups in total. The zero-order valence-electron chi connectivity index (χ0n) is 14.2. The fraction of sp³-hybridized carbons (Fsp3) is 0.368. The van der Waals surface area contributed by atoms with Crippen molar-refractivity contribution in [2.45, 2.75) is 32.4 Å². The number of nitrogen functional groups attached to an aromatic ring is 2. The van der Waals surface area contributed by atoms with Crippen molar-refractivity contribution in [1.82, 2.24) is 5.32 Å². The molecule has 1 saturated heterocycles.